The van der Waals surface area contributed by atoms with Gasteiger partial charge in [0.1, 0.15) is 5.75 Å². The lowest BCUT2D eigenvalue weighted by Gasteiger charge is -2.19. The Labute approximate surface area is 199 Å². The molecule has 34 heavy (non-hydrogen) atoms. The predicted molar refractivity (Wildman–Crippen MR) is 129 cm³/mol. The summed E-state index contributed by atoms with van der Waals surface area (Å²) < 4.78 is 32.3. The van der Waals surface area contributed by atoms with Gasteiger partial charge in [0.2, 0.25) is 15.9 Å². The monoisotopic (exact) mass is 481 g/mol. The third-order valence-electron chi connectivity index (χ3n) is 5.04. The van der Waals surface area contributed by atoms with Gasteiger partial charge in [-0.3, -0.25) is 9.59 Å². The molecule has 0 aliphatic heterocycles. The maximum Gasteiger partial charge on any atom is 0.251 e. The number of amides is 2. The molecular formula is C25H27N3O5S. The fraction of sp³-hybridized carbons (Fsp3) is 0.200. The van der Waals surface area contributed by atoms with E-state index in [4.69, 9.17) is 4.74 Å². The van der Waals surface area contributed by atoms with Crippen LogP contribution in [0.5, 0.6) is 5.75 Å². The van der Waals surface area contributed by atoms with Gasteiger partial charge in [-0.1, -0.05) is 48.5 Å². The van der Waals surface area contributed by atoms with Crippen molar-refractivity contribution < 1.29 is 22.7 Å². The van der Waals surface area contributed by atoms with Gasteiger partial charge in [0, 0.05) is 18.7 Å². The highest BCUT2D eigenvalue weighted by molar-refractivity contribution is 7.89. The number of ether oxygens (including phenoxy) is 1. The fourth-order valence-corrected chi connectivity index (χ4v) is 4.28. The zero-order chi connectivity index (χ0) is 24.4. The Morgan fingerprint density at radius 1 is 0.853 bits per heavy atom. The number of benzene rings is 3. The Balaban J connectivity index is 1.54. The van der Waals surface area contributed by atoms with Gasteiger partial charge in [-0.05, 0) is 42.0 Å². The maximum atomic E-state index is 12.6. The van der Waals surface area contributed by atoms with Crippen LogP contribution in [0.2, 0.25) is 0 Å². The second-order valence-electron chi connectivity index (χ2n) is 7.43. The van der Waals surface area contributed by atoms with Gasteiger partial charge in [-0.25, -0.2) is 13.1 Å². The lowest BCUT2D eigenvalue weighted by molar-refractivity contribution is -0.121. The summed E-state index contributed by atoms with van der Waals surface area (Å²) in [5, 5.41) is 5.61. The Kier molecular flexibility index (Phi) is 8.78. The van der Waals surface area contributed by atoms with Crippen LogP contribution in [0.4, 0.5) is 0 Å². The van der Waals surface area contributed by atoms with E-state index in [1.165, 1.54) is 19.2 Å². The van der Waals surface area contributed by atoms with E-state index in [9.17, 15) is 18.0 Å². The molecule has 9 heteroatoms. The molecule has 0 spiro atoms. The minimum atomic E-state index is -3.71. The summed E-state index contributed by atoms with van der Waals surface area (Å²) in [7, 11) is -2.21. The molecule has 0 fully saturated rings. The van der Waals surface area contributed by atoms with E-state index < -0.39 is 16.1 Å². The van der Waals surface area contributed by atoms with Crippen LogP contribution in [-0.2, 0) is 14.8 Å². The summed E-state index contributed by atoms with van der Waals surface area (Å²) >= 11 is 0. The lowest BCUT2D eigenvalue weighted by Crippen LogP contribution is -2.37. The van der Waals surface area contributed by atoms with Crippen molar-refractivity contribution >= 4 is 21.8 Å². The van der Waals surface area contributed by atoms with Crippen LogP contribution in [0.25, 0.3) is 0 Å². The molecular weight excluding hydrogens is 454 g/mol. The van der Waals surface area contributed by atoms with Gasteiger partial charge < -0.3 is 15.4 Å². The molecule has 0 radical (unpaired) electrons. The van der Waals surface area contributed by atoms with Crippen LogP contribution in [0.1, 0.15) is 28.4 Å². The Hall–Kier alpha value is -3.69. The minimum Gasteiger partial charge on any atom is -0.497 e. The zero-order valence-electron chi connectivity index (χ0n) is 18.7. The topological polar surface area (TPSA) is 114 Å². The van der Waals surface area contributed by atoms with E-state index in [1.54, 1.807) is 36.4 Å². The van der Waals surface area contributed by atoms with E-state index in [1.807, 2.05) is 36.4 Å². The molecule has 0 heterocycles. The van der Waals surface area contributed by atoms with E-state index in [-0.39, 0.29) is 36.2 Å². The molecule has 0 aromatic heterocycles. The summed E-state index contributed by atoms with van der Waals surface area (Å²) in [6.07, 6.45) is 0.00775. The molecule has 3 rings (SSSR count). The molecule has 1 atom stereocenters. The zero-order valence-corrected chi connectivity index (χ0v) is 19.5. The average Bonchev–Trinajstić information content (AvgIpc) is 2.87. The van der Waals surface area contributed by atoms with Crippen molar-refractivity contribution in [3.8, 4) is 5.75 Å². The Morgan fingerprint density at radius 3 is 2.09 bits per heavy atom. The molecule has 0 aliphatic rings. The van der Waals surface area contributed by atoms with Crippen molar-refractivity contribution in [2.24, 2.45) is 0 Å². The van der Waals surface area contributed by atoms with Crippen LogP contribution in [0.3, 0.4) is 0 Å². The Morgan fingerprint density at radius 2 is 1.47 bits per heavy atom. The number of hydrogen-bond acceptors (Lipinski definition) is 5. The molecule has 178 valence electrons. The summed E-state index contributed by atoms with van der Waals surface area (Å²) in [4.78, 5) is 25.3. The predicted octanol–water partition coefficient (Wildman–Crippen LogP) is 2.65. The number of carbonyl (C=O) groups is 2. The number of carbonyl (C=O) groups excluding carboxylic acids is 2. The highest BCUT2D eigenvalue weighted by Crippen LogP contribution is 2.18. The second-order valence-corrected chi connectivity index (χ2v) is 9.20. The third-order valence-corrected chi connectivity index (χ3v) is 6.52. The van der Waals surface area contributed by atoms with Crippen LogP contribution >= 0.6 is 0 Å². The Bertz CT molecular complexity index is 1180. The molecule has 3 N–H and O–H groups in total. The van der Waals surface area contributed by atoms with Crippen LogP contribution in [0, 0.1) is 0 Å². The summed E-state index contributed by atoms with van der Waals surface area (Å²) in [6, 6.07) is 23.4. The highest BCUT2D eigenvalue weighted by Gasteiger charge is 2.19. The highest BCUT2D eigenvalue weighted by atomic mass is 32.2. The van der Waals surface area contributed by atoms with E-state index in [0.29, 0.717) is 11.3 Å². The minimum absolute atomic E-state index is 0.00775. The van der Waals surface area contributed by atoms with Crippen LogP contribution < -0.4 is 20.1 Å². The molecule has 0 saturated carbocycles. The summed E-state index contributed by atoms with van der Waals surface area (Å²) in [6.45, 7) is 0.120. The fourth-order valence-electron chi connectivity index (χ4n) is 3.25. The van der Waals surface area contributed by atoms with Crippen LogP contribution in [-0.4, -0.2) is 40.4 Å². The number of nitrogens with one attached hydrogen (secondary N) is 3. The van der Waals surface area contributed by atoms with Crippen molar-refractivity contribution in [1.29, 1.82) is 0 Å². The smallest absolute Gasteiger partial charge is 0.251 e. The first-order chi connectivity index (χ1) is 16.4. The number of methoxy groups -OCH3 is 1. The SMILES string of the molecule is COc1ccc(S(=O)(=O)NCCNC(=O)CC(NC(=O)c2ccccc2)c2ccccc2)cc1. The standard InChI is InChI=1S/C25H27N3O5S/c1-33-21-12-14-22(15-13-21)34(31,32)27-17-16-26-24(29)18-23(19-8-4-2-5-9-19)28-25(30)20-10-6-3-7-11-20/h2-15,23,27H,16-18H2,1H3,(H,26,29)(H,28,30). The van der Waals surface area contributed by atoms with Crippen molar-refractivity contribution in [1.82, 2.24) is 15.4 Å². The van der Waals surface area contributed by atoms with E-state index >= 15 is 0 Å². The molecule has 3 aromatic rings. The molecule has 8 nitrogen and oxygen atoms in total. The van der Waals surface area contributed by atoms with Gasteiger partial charge in [-0.2, -0.15) is 0 Å². The largest absolute Gasteiger partial charge is 0.497 e. The van der Waals surface area contributed by atoms with Crippen molar-refractivity contribution in [3.05, 3.63) is 96.1 Å². The molecule has 3 aromatic carbocycles. The van der Waals surface area contributed by atoms with Crippen molar-refractivity contribution in [2.45, 2.75) is 17.4 Å². The van der Waals surface area contributed by atoms with Crippen molar-refractivity contribution in [2.75, 3.05) is 20.2 Å². The van der Waals surface area contributed by atoms with Crippen molar-refractivity contribution in [3.63, 3.8) is 0 Å². The molecule has 0 saturated heterocycles. The first kappa shape index (κ1) is 24.9. The maximum absolute atomic E-state index is 12.6. The second kappa shape index (κ2) is 12.0. The average molecular weight is 482 g/mol. The molecule has 0 aliphatic carbocycles. The van der Waals surface area contributed by atoms with E-state index in [2.05, 4.69) is 15.4 Å². The number of rotatable bonds is 11. The summed E-state index contributed by atoms with van der Waals surface area (Å²) in [5.74, 6) is -0.0427. The van der Waals surface area contributed by atoms with Gasteiger partial charge in [0.05, 0.1) is 24.5 Å². The molecule has 1 unspecified atom stereocenters. The summed E-state index contributed by atoms with van der Waals surface area (Å²) in [5.41, 5.74) is 1.29. The number of hydrogen-bond donors (Lipinski definition) is 3. The van der Waals surface area contributed by atoms with Gasteiger partial charge in [0.25, 0.3) is 5.91 Å². The third kappa shape index (κ3) is 7.16. The molecule has 0 bridgehead atoms. The van der Waals surface area contributed by atoms with Gasteiger partial charge in [0.15, 0.2) is 0 Å². The lowest BCUT2D eigenvalue weighted by atomic mass is 10.0. The molecule has 2 amide bonds. The van der Waals surface area contributed by atoms with Crippen LogP contribution in [0.15, 0.2) is 89.8 Å². The normalized spacial score (nSPS) is 11.9. The first-order valence-electron chi connectivity index (χ1n) is 10.7. The van der Waals surface area contributed by atoms with Gasteiger partial charge in [-0.15, -0.1) is 0 Å². The van der Waals surface area contributed by atoms with Gasteiger partial charge >= 0.3 is 0 Å². The first-order valence-corrected chi connectivity index (χ1v) is 12.2. The van der Waals surface area contributed by atoms with E-state index in [0.717, 1.165) is 5.56 Å². The quantitative estimate of drug-likeness (QED) is 0.365. The number of sulfonamides is 1.